The van der Waals surface area contributed by atoms with E-state index in [-0.39, 0.29) is 6.61 Å². The summed E-state index contributed by atoms with van der Waals surface area (Å²) in [5.41, 5.74) is -0.482. The Kier molecular flexibility index (Phi) is 14.6. The van der Waals surface area contributed by atoms with Crippen LogP contribution in [0.1, 0.15) is 77.6 Å². The van der Waals surface area contributed by atoms with Crippen molar-refractivity contribution in [1.29, 1.82) is 5.26 Å². The highest BCUT2D eigenvalue weighted by atomic mass is 16.5. The quantitative estimate of drug-likeness (QED) is 0.100. The average molecular weight is 364 g/mol. The van der Waals surface area contributed by atoms with Crippen LogP contribution < -0.4 is 0 Å². The molecule has 0 bridgehead atoms. The van der Waals surface area contributed by atoms with Crippen molar-refractivity contribution < 1.29 is 14.0 Å². The van der Waals surface area contributed by atoms with Crippen LogP contribution in [0.3, 0.4) is 0 Å². The Morgan fingerprint density at radius 2 is 1.42 bits per heavy atom. The first-order chi connectivity index (χ1) is 12.5. The highest BCUT2D eigenvalue weighted by Gasteiger charge is 2.15. The van der Waals surface area contributed by atoms with Gasteiger partial charge in [-0.1, -0.05) is 58.3 Å². The van der Waals surface area contributed by atoms with Crippen molar-refractivity contribution in [1.82, 2.24) is 0 Å². The molecule has 0 fully saturated rings. The van der Waals surface area contributed by atoms with Gasteiger partial charge in [0.05, 0.1) is 33.8 Å². The van der Waals surface area contributed by atoms with E-state index in [0.29, 0.717) is 0 Å². The third kappa shape index (κ3) is 13.6. The van der Waals surface area contributed by atoms with Crippen molar-refractivity contribution in [3.63, 3.8) is 0 Å². The molecule has 0 atom stereocenters. The zero-order valence-electron chi connectivity index (χ0n) is 17.1. The van der Waals surface area contributed by atoms with Gasteiger partial charge in [0.25, 0.3) is 0 Å². The smallest absolute Gasteiger partial charge is 0.355 e. The lowest BCUT2D eigenvalue weighted by atomic mass is 10.1. The van der Waals surface area contributed by atoms with Crippen LogP contribution in [0.4, 0.5) is 0 Å². The third-order valence-corrected chi connectivity index (χ3v) is 4.69. The minimum absolute atomic E-state index is 0.255. The molecule has 0 aromatic heterocycles. The van der Waals surface area contributed by atoms with E-state index in [0.717, 1.165) is 24.0 Å². The molecular formula is C21H37N3O2. The number of carbonyl (C=O) groups excluding carboxylic acids is 1. The van der Waals surface area contributed by atoms with Gasteiger partial charge < -0.3 is 14.6 Å². The molecule has 0 saturated heterocycles. The second-order valence-corrected chi connectivity index (χ2v) is 7.65. The van der Waals surface area contributed by atoms with Crippen molar-refractivity contribution in [2.75, 3.05) is 33.8 Å². The number of nitriles is 1. The van der Waals surface area contributed by atoms with Gasteiger partial charge in [0.2, 0.25) is 0 Å². The standard InChI is InChI=1S/C21H37N3O2/c1-4-5-6-7-8-9-10-11-12-13-15-24(2,3)16-14-17-26-21(25)20(18-22)19-23/h4-17H2,1-3H3. The molecular weight excluding hydrogens is 326 g/mol. The van der Waals surface area contributed by atoms with E-state index in [1.54, 1.807) is 11.9 Å². The first-order valence-corrected chi connectivity index (χ1v) is 10.1. The van der Waals surface area contributed by atoms with Gasteiger partial charge >= 0.3 is 5.97 Å². The van der Waals surface area contributed by atoms with E-state index in [4.69, 9.17) is 15.4 Å². The number of hydrogen-bond acceptors (Lipinski definition) is 3. The molecule has 26 heavy (non-hydrogen) atoms. The van der Waals surface area contributed by atoms with Gasteiger partial charge in [-0.2, -0.15) is 5.26 Å². The zero-order valence-corrected chi connectivity index (χ0v) is 17.1. The number of carbonyl (C=O) groups is 1. The molecule has 0 saturated carbocycles. The van der Waals surface area contributed by atoms with Crippen molar-refractivity contribution in [3.8, 4) is 6.07 Å². The van der Waals surface area contributed by atoms with Crippen LogP contribution in [0.25, 0.3) is 5.41 Å². The van der Waals surface area contributed by atoms with Gasteiger partial charge in [-0.15, -0.1) is 0 Å². The van der Waals surface area contributed by atoms with Crippen LogP contribution in [0.2, 0.25) is 0 Å². The fourth-order valence-electron chi connectivity index (χ4n) is 2.98. The maximum atomic E-state index is 11.4. The number of hydrogen-bond donors (Lipinski definition) is 0. The van der Waals surface area contributed by atoms with Crippen LogP contribution >= 0.6 is 0 Å². The van der Waals surface area contributed by atoms with Gasteiger partial charge in [-0.05, 0) is 12.8 Å². The Morgan fingerprint density at radius 1 is 0.923 bits per heavy atom. The van der Waals surface area contributed by atoms with E-state index >= 15 is 0 Å². The van der Waals surface area contributed by atoms with Gasteiger partial charge in [-0.3, -0.25) is 0 Å². The maximum Gasteiger partial charge on any atom is 0.355 e. The Hall–Kier alpha value is -1.63. The third-order valence-electron chi connectivity index (χ3n) is 4.69. The Bertz CT molecular complexity index is 474. The number of quaternary nitrogens is 1. The summed E-state index contributed by atoms with van der Waals surface area (Å²) >= 11 is 0. The first kappa shape index (κ1) is 24.4. The minimum atomic E-state index is -0.810. The second kappa shape index (κ2) is 15.6. The van der Waals surface area contributed by atoms with Crippen molar-refractivity contribution in [3.05, 3.63) is 11.0 Å². The predicted octanol–water partition coefficient (Wildman–Crippen LogP) is 4.61. The van der Waals surface area contributed by atoms with Crippen molar-refractivity contribution in [2.45, 2.75) is 77.6 Å². The second-order valence-electron chi connectivity index (χ2n) is 7.65. The molecule has 0 rings (SSSR count). The molecule has 148 valence electrons. The topological polar surface area (TPSA) is 72.4 Å². The number of unbranched alkanes of at least 4 members (excludes halogenated alkanes) is 9. The highest BCUT2D eigenvalue weighted by Crippen LogP contribution is 2.12. The lowest BCUT2D eigenvalue weighted by Crippen LogP contribution is -2.41. The summed E-state index contributed by atoms with van der Waals surface area (Å²) in [5, 5.41) is 17.2. The SMILES string of the molecule is CCCCCCCCCCCC[N+](C)(C)CCCOC(=O)C(=C=[N-])C#N. The minimum Gasteiger partial charge on any atom is -0.762 e. The summed E-state index contributed by atoms with van der Waals surface area (Å²) in [5.74, 6) is 0.737. The fraction of sp³-hybridized carbons (Fsp3) is 0.810. The van der Waals surface area contributed by atoms with E-state index in [9.17, 15) is 4.79 Å². The van der Waals surface area contributed by atoms with Crippen LogP contribution in [-0.4, -0.2) is 50.1 Å². The molecule has 5 nitrogen and oxygen atoms in total. The average Bonchev–Trinajstić information content (AvgIpc) is 2.61. The van der Waals surface area contributed by atoms with Gasteiger partial charge in [-0.25, -0.2) is 10.7 Å². The summed E-state index contributed by atoms with van der Waals surface area (Å²) in [6, 6.07) is 1.55. The molecule has 0 aromatic rings. The zero-order chi connectivity index (χ0) is 19.7. The molecule has 5 heteroatoms. The van der Waals surface area contributed by atoms with Gasteiger partial charge in [0.1, 0.15) is 6.07 Å². The highest BCUT2D eigenvalue weighted by molar-refractivity contribution is 6.02. The van der Waals surface area contributed by atoms with Crippen LogP contribution in [0.15, 0.2) is 5.57 Å². The molecule has 0 unspecified atom stereocenters. The number of ether oxygens (including phenoxy) is 1. The normalized spacial score (nSPS) is 10.8. The summed E-state index contributed by atoms with van der Waals surface area (Å²) in [7, 11) is 4.38. The molecule has 0 N–H and O–H groups in total. The van der Waals surface area contributed by atoms with Crippen LogP contribution in [-0.2, 0) is 9.53 Å². The monoisotopic (exact) mass is 363 g/mol. The number of rotatable bonds is 16. The first-order valence-electron chi connectivity index (χ1n) is 10.1. The molecule has 0 radical (unpaired) electrons. The lowest BCUT2D eigenvalue weighted by molar-refractivity contribution is -0.890. The Morgan fingerprint density at radius 3 is 1.92 bits per heavy atom. The number of nitrogens with zero attached hydrogens (tertiary/aromatic N) is 3. The summed E-state index contributed by atoms with van der Waals surface area (Å²) < 4.78 is 5.86. The Labute approximate surface area is 160 Å². The lowest BCUT2D eigenvalue weighted by Gasteiger charge is -2.29. The van der Waals surface area contributed by atoms with E-state index in [2.05, 4.69) is 21.0 Å². The van der Waals surface area contributed by atoms with Crippen LogP contribution in [0.5, 0.6) is 0 Å². The molecule has 0 spiro atoms. The van der Waals surface area contributed by atoms with Crippen molar-refractivity contribution in [2.24, 2.45) is 0 Å². The maximum absolute atomic E-state index is 11.4. The molecule has 0 heterocycles. The molecule has 0 aliphatic carbocycles. The predicted molar refractivity (Wildman–Crippen MR) is 107 cm³/mol. The summed E-state index contributed by atoms with van der Waals surface area (Å²) in [6.45, 7) is 4.55. The van der Waals surface area contributed by atoms with E-state index in [1.807, 2.05) is 0 Å². The fourth-order valence-corrected chi connectivity index (χ4v) is 2.98. The van der Waals surface area contributed by atoms with Crippen LogP contribution in [0, 0.1) is 11.3 Å². The summed E-state index contributed by atoms with van der Waals surface area (Å²) in [4.78, 5) is 11.4. The van der Waals surface area contributed by atoms with Gasteiger partial charge in [0, 0.05) is 6.42 Å². The van der Waals surface area contributed by atoms with Crippen molar-refractivity contribution >= 4 is 11.8 Å². The summed E-state index contributed by atoms with van der Waals surface area (Å²) in [6.07, 6.45) is 14.2. The van der Waals surface area contributed by atoms with E-state index < -0.39 is 11.5 Å². The molecule has 0 aliphatic heterocycles. The Balaban J connectivity index is 3.63. The largest absolute Gasteiger partial charge is 0.762 e. The molecule has 0 aliphatic rings. The number of esters is 1. The molecule has 0 amide bonds. The molecule has 0 aromatic carbocycles. The van der Waals surface area contributed by atoms with E-state index in [1.165, 1.54) is 64.2 Å². The van der Waals surface area contributed by atoms with Gasteiger partial charge in [0.15, 0.2) is 5.57 Å².